The van der Waals surface area contributed by atoms with Crippen molar-refractivity contribution in [1.29, 1.82) is 0 Å². The molecular weight excluding hydrogens is 264 g/mol. The van der Waals surface area contributed by atoms with Gasteiger partial charge in [-0.25, -0.2) is 8.78 Å². The first kappa shape index (κ1) is 11.8. The molecule has 0 aromatic heterocycles. The Hall–Kier alpha value is 0.300. The van der Waals surface area contributed by atoms with Gasteiger partial charge in [0, 0.05) is 29.8 Å². The monoisotopic (exact) mass is 281 g/mol. The maximum absolute atomic E-state index is 13.1. The van der Waals surface area contributed by atoms with Gasteiger partial charge < -0.3 is 0 Å². The van der Waals surface area contributed by atoms with Gasteiger partial charge >= 0.3 is 0 Å². The van der Waals surface area contributed by atoms with Gasteiger partial charge in [0.15, 0.2) is 0 Å². The summed E-state index contributed by atoms with van der Waals surface area (Å²) in [5.74, 6) is -1.79. The van der Waals surface area contributed by atoms with Crippen LogP contribution in [0.25, 0.3) is 0 Å². The van der Waals surface area contributed by atoms with E-state index in [0.29, 0.717) is 18.5 Å². The summed E-state index contributed by atoms with van der Waals surface area (Å²) in [7, 11) is 0. The molecule has 15 heavy (non-hydrogen) atoms. The molecule has 0 N–H and O–H groups in total. The fraction of sp³-hybridized carbons (Fsp3) is 1.00. The van der Waals surface area contributed by atoms with E-state index in [4.69, 9.17) is 0 Å². The lowest BCUT2D eigenvalue weighted by atomic mass is 10.0. The Kier molecular flexibility index (Phi) is 2.87. The maximum atomic E-state index is 13.1. The average molecular weight is 282 g/mol. The Morgan fingerprint density at radius 3 is 2.47 bits per heavy atom. The van der Waals surface area contributed by atoms with E-state index in [1.54, 1.807) is 6.92 Å². The molecule has 1 aliphatic heterocycles. The van der Waals surface area contributed by atoms with Crippen LogP contribution in [0.2, 0.25) is 0 Å². The second-order valence-corrected chi connectivity index (χ2v) is 6.00. The van der Waals surface area contributed by atoms with E-state index in [2.05, 4.69) is 27.8 Å². The molecule has 0 bridgehead atoms. The number of alkyl halides is 3. The van der Waals surface area contributed by atoms with E-state index >= 15 is 0 Å². The van der Waals surface area contributed by atoms with Crippen molar-refractivity contribution < 1.29 is 8.78 Å². The number of nitrogens with zero attached hydrogens (tertiary/aromatic N) is 1. The lowest BCUT2D eigenvalue weighted by molar-refractivity contribution is 0.0508. The Balaban J connectivity index is 1.92. The summed E-state index contributed by atoms with van der Waals surface area (Å²) in [5.41, 5.74) is -0.748. The molecule has 1 saturated heterocycles. The predicted octanol–water partition coefficient (Wildman–Crippen LogP) is 3.14. The molecule has 3 atom stereocenters. The zero-order valence-corrected chi connectivity index (χ0v) is 10.9. The molecule has 2 fully saturated rings. The average Bonchev–Trinajstić information content (AvgIpc) is 2.48. The highest BCUT2D eigenvalue weighted by molar-refractivity contribution is 9.09. The third-order valence-corrected chi connectivity index (χ3v) is 5.00. The van der Waals surface area contributed by atoms with Crippen molar-refractivity contribution in [3.63, 3.8) is 0 Å². The van der Waals surface area contributed by atoms with Crippen molar-refractivity contribution in [2.45, 2.75) is 38.7 Å². The molecule has 2 rings (SSSR count). The molecule has 0 aromatic carbocycles. The van der Waals surface area contributed by atoms with Gasteiger partial charge in [0.2, 0.25) is 0 Å². The first-order chi connectivity index (χ1) is 6.89. The summed E-state index contributed by atoms with van der Waals surface area (Å²) in [5, 5.41) is 0.984. The smallest absolute Gasteiger partial charge is 0.255 e. The van der Waals surface area contributed by atoms with E-state index < -0.39 is 11.3 Å². The van der Waals surface area contributed by atoms with Crippen LogP contribution in [0, 0.1) is 11.3 Å². The molecule has 3 unspecified atom stereocenters. The SMILES string of the molecule is CC1C(CBr)CCN1CC1(C)CC1(F)F. The molecule has 0 amide bonds. The topological polar surface area (TPSA) is 3.24 Å². The molecule has 1 aliphatic carbocycles. The van der Waals surface area contributed by atoms with Crippen LogP contribution in [0.15, 0.2) is 0 Å². The van der Waals surface area contributed by atoms with Crippen LogP contribution in [0.4, 0.5) is 8.78 Å². The van der Waals surface area contributed by atoms with Crippen molar-refractivity contribution in [3.8, 4) is 0 Å². The van der Waals surface area contributed by atoms with Crippen LogP contribution in [0.3, 0.4) is 0 Å². The fourth-order valence-corrected chi connectivity index (χ4v) is 3.43. The van der Waals surface area contributed by atoms with Crippen molar-refractivity contribution in [2.24, 2.45) is 11.3 Å². The minimum absolute atomic E-state index is 0.0716. The third-order valence-electron chi connectivity index (χ3n) is 4.17. The molecule has 0 radical (unpaired) electrons. The summed E-state index contributed by atoms with van der Waals surface area (Å²) in [4.78, 5) is 2.23. The molecule has 88 valence electrons. The molecule has 1 heterocycles. The Bertz CT molecular complexity index is 259. The molecule has 1 saturated carbocycles. The van der Waals surface area contributed by atoms with E-state index in [1.165, 1.54) is 0 Å². The van der Waals surface area contributed by atoms with Crippen molar-refractivity contribution in [3.05, 3.63) is 0 Å². The number of hydrogen-bond donors (Lipinski definition) is 0. The van der Waals surface area contributed by atoms with Gasteiger partial charge in [0.25, 0.3) is 5.92 Å². The number of likely N-dealkylation sites (tertiary alicyclic amines) is 1. The highest BCUT2D eigenvalue weighted by Gasteiger charge is 2.68. The first-order valence-corrected chi connectivity index (χ1v) is 6.70. The molecule has 2 aliphatic rings. The second kappa shape index (κ2) is 3.66. The van der Waals surface area contributed by atoms with Gasteiger partial charge in [-0.1, -0.05) is 22.9 Å². The fourth-order valence-electron chi connectivity index (χ4n) is 2.57. The quantitative estimate of drug-likeness (QED) is 0.719. The van der Waals surface area contributed by atoms with Crippen molar-refractivity contribution in [2.75, 3.05) is 18.4 Å². The zero-order chi connectivity index (χ0) is 11.3. The van der Waals surface area contributed by atoms with Gasteiger partial charge in [0.1, 0.15) is 0 Å². The van der Waals surface area contributed by atoms with Gasteiger partial charge in [0.05, 0.1) is 0 Å². The van der Waals surface area contributed by atoms with Gasteiger partial charge in [-0.3, -0.25) is 4.90 Å². The van der Waals surface area contributed by atoms with Crippen molar-refractivity contribution in [1.82, 2.24) is 4.90 Å². The zero-order valence-electron chi connectivity index (χ0n) is 9.27. The molecule has 0 spiro atoms. The molecule has 0 aromatic rings. The number of halogens is 3. The van der Waals surface area contributed by atoms with Crippen LogP contribution in [0.1, 0.15) is 26.7 Å². The predicted molar refractivity (Wildman–Crippen MR) is 60.6 cm³/mol. The molecule has 1 nitrogen and oxygen atoms in total. The second-order valence-electron chi connectivity index (χ2n) is 5.36. The van der Waals surface area contributed by atoms with Crippen LogP contribution >= 0.6 is 15.9 Å². The summed E-state index contributed by atoms with van der Waals surface area (Å²) in [6, 6.07) is 0.442. The van der Waals surface area contributed by atoms with E-state index in [9.17, 15) is 8.78 Å². The highest BCUT2D eigenvalue weighted by Crippen LogP contribution is 2.60. The minimum Gasteiger partial charge on any atom is -0.300 e. The van der Waals surface area contributed by atoms with E-state index in [0.717, 1.165) is 18.3 Å². The standard InChI is InChI=1S/C11H18BrF2N/c1-8-9(5-12)3-4-15(8)7-10(2)6-11(10,13)14/h8-9H,3-7H2,1-2H3. The lowest BCUT2D eigenvalue weighted by Crippen LogP contribution is -2.36. The summed E-state index contributed by atoms with van der Waals surface area (Å²) < 4.78 is 26.2. The molecule has 4 heteroatoms. The van der Waals surface area contributed by atoms with E-state index in [-0.39, 0.29) is 6.42 Å². The summed E-state index contributed by atoms with van der Waals surface area (Å²) in [6.45, 7) is 5.40. The normalized spacial score (nSPS) is 44.6. The van der Waals surface area contributed by atoms with Gasteiger partial charge in [-0.15, -0.1) is 0 Å². The van der Waals surface area contributed by atoms with Crippen LogP contribution in [-0.2, 0) is 0 Å². The molecular formula is C11H18BrF2N. The Morgan fingerprint density at radius 2 is 2.07 bits per heavy atom. The Labute approximate surface area is 98.3 Å². The van der Waals surface area contributed by atoms with Gasteiger partial charge in [-0.05, 0) is 25.8 Å². The van der Waals surface area contributed by atoms with Crippen LogP contribution < -0.4 is 0 Å². The van der Waals surface area contributed by atoms with Crippen molar-refractivity contribution >= 4 is 15.9 Å². The number of hydrogen-bond acceptors (Lipinski definition) is 1. The van der Waals surface area contributed by atoms with E-state index in [1.807, 2.05) is 0 Å². The van der Waals surface area contributed by atoms with Gasteiger partial charge in [-0.2, -0.15) is 0 Å². The maximum Gasteiger partial charge on any atom is 0.255 e. The largest absolute Gasteiger partial charge is 0.300 e. The third kappa shape index (κ3) is 1.95. The van der Waals surface area contributed by atoms with Crippen LogP contribution in [-0.4, -0.2) is 35.3 Å². The van der Waals surface area contributed by atoms with Crippen LogP contribution in [0.5, 0.6) is 0 Å². The highest BCUT2D eigenvalue weighted by atomic mass is 79.9. The summed E-state index contributed by atoms with van der Waals surface area (Å²) in [6.07, 6.45) is 1.20. The first-order valence-electron chi connectivity index (χ1n) is 5.57. The lowest BCUT2D eigenvalue weighted by Gasteiger charge is -2.26. The summed E-state index contributed by atoms with van der Waals surface area (Å²) >= 11 is 3.49. The number of rotatable bonds is 3. The Morgan fingerprint density at radius 1 is 1.47 bits per heavy atom. The minimum atomic E-state index is -2.42.